The molecular formula is C49H57FN2O6Si. The lowest BCUT2D eigenvalue weighted by molar-refractivity contribution is -0.134. The minimum absolute atomic E-state index is 0.0402. The number of nitrogens with zero attached hydrogens (tertiary/aromatic N) is 1. The molecule has 0 saturated carbocycles. The molecule has 0 aliphatic carbocycles. The SMILES string of the molecule is CCc1ccc(N[C@H](c2ccc(OC)cc2OCc2ccccc2)[C@@H](CC[C@H](O[Si](C)(C)C(C)(C)C)c2ccc(F)cc2)C(=O)N2C(=O)OC[C@@H]2c2ccccc2)cc1. The number of ether oxygens (including phenoxy) is 3. The lowest BCUT2D eigenvalue weighted by Gasteiger charge is -2.40. The first-order chi connectivity index (χ1) is 28.3. The first-order valence-electron chi connectivity index (χ1n) is 20.5. The van der Waals surface area contributed by atoms with Crippen LogP contribution in [0.4, 0.5) is 14.9 Å². The summed E-state index contributed by atoms with van der Waals surface area (Å²) in [5.41, 5.74) is 5.28. The highest BCUT2D eigenvalue weighted by Gasteiger charge is 2.45. The third-order valence-corrected chi connectivity index (χ3v) is 16.2. The molecular weight excluding hydrogens is 760 g/mol. The van der Waals surface area contributed by atoms with Crippen LogP contribution < -0.4 is 14.8 Å². The van der Waals surface area contributed by atoms with Gasteiger partial charge < -0.3 is 24.0 Å². The number of amides is 2. The molecule has 310 valence electrons. The molecule has 5 aromatic carbocycles. The monoisotopic (exact) mass is 816 g/mol. The van der Waals surface area contributed by atoms with Crippen LogP contribution in [0.5, 0.6) is 11.5 Å². The van der Waals surface area contributed by atoms with Crippen LogP contribution >= 0.6 is 0 Å². The Kier molecular flexibility index (Phi) is 13.9. The summed E-state index contributed by atoms with van der Waals surface area (Å²) in [5.74, 6) is -0.453. The molecule has 1 saturated heterocycles. The van der Waals surface area contributed by atoms with Gasteiger partial charge in [-0.3, -0.25) is 4.79 Å². The van der Waals surface area contributed by atoms with Gasteiger partial charge in [-0.2, -0.15) is 0 Å². The largest absolute Gasteiger partial charge is 0.497 e. The average molecular weight is 817 g/mol. The quantitative estimate of drug-likeness (QED) is 0.0935. The average Bonchev–Trinajstić information content (AvgIpc) is 3.63. The molecule has 1 fully saturated rings. The van der Waals surface area contributed by atoms with Gasteiger partial charge in [-0.05, 0) is 96.0 Å². The predicted molar refractivity (Wildman–Crippen MR) is 233 cm³/mol. The summed E-state index contributed by atoms with van der Waals surface area (Å²) in [7, 11) is -0.786. The molecule has 0 unspecified atom stereocenters. The highest BCUT2D eigenvalue weighted by atomic mass is 28.4. The molecule has 1 N–H and O–H groups in total. The van der Waals surface area contributed by atoms with Crippen LogP contribution in [0.25, 0.3) is 0 Å². The third-order valence-electron chi connectivity index (χ3n) is 11.7. The maximum absolute atomic E-state index is 15.5. The summed E-state index contributed by atoms with van der Waals surface area (Å²) in [6, 6.07) is 38.3. The van der Waals surface area contributed by atoms with Crippen molar-refractivity contribution in [3.8, 4) is 11.5 Å². The van der Waals surface area contributed by atoms with E-state index in [0.29, 0.717) is 23.5 Å². The summed E-state index contributed by atoms with van der Waals surface area (Å²) in [6.45, 7) is 13.3. The van der Waals surface area contributed by atoms with E-state index in [9.17, 15) is 9.18 Å². The zero-order chi connectivity index (χ0) is 42.2. The number of benzene rings is 5. The normalized spacial score (nSPS) is 15.9. The Morgan fingerprint density at radius 2 is 1.54 bits per heavy atom. The van der Waals surface area contributed by atoms with Gasteiger partial charge in [0.05, 0.1) is 25.2 Å². The van der Waals surface area contributed by atoms with Crippen molar-refractivity contribution in [1.82, 2.24) is 4.90 Å². The van der Waals surface area contributed by atoms with E-state index in [-0.39, 0.29) is 36.4 Å². The van der Waals surface area contributed by atoms with Crippen LogP contribution in [0.2, 0.25) is 18.1 Å². The number of carbonyl (C=O) groups excluding carboxylic acids is 2. The number of cyclic esters (lactones) is 1. The van der Waals surface area contributed by atoms with Gasteiger partial charge in [0.25, 0.3) is 0 Å². The predicted octanol–water partition coefficient (Wildman–Crippen LogP) is 12.0. The van der Waals surface area contributed by atoms with Crippen LogP contribution in [0.1, 0.15) is 86.5 Å². The van der Waals surface area contributed by atoms with Crippen molar-refractivity contribution < 1.29 is 32.6 Å². The van der Waals surface area contributed by atoms with Gasteiger partial charge in [0.15, 0.2) is 8.32 Å². The molecule has 2 amide bonds. The maximum Gasteiger partial charge on any atom is 0.417 e. The Hall–Kier alpha value is -5.45. The standard InChI is InChI=1S/C49H57FN2O6Si/c1-8-34-19-25-39(26-20-34)51-46(41-28-27-40(55-5)31-45(41)56-32-35-15-11-9-12-16-35)42(47(53)52-43(33-57-48(52)54)36-17-13-10-14-18-36)29-30-44(37-21-23-38(50)24-22-37)58-59(6,7)49(2,3)4/h9-28,31,42-44,46,51H,8,29-30,32-33H2,1-7H3/t42-,43-,44+,46-/m1/s1. The van der Waals surface area contributed by atoms with Crippen molar-refractivity contribution >= 4 is 26.0 Å². The Balaban J connectivity index is 1.49. The van der Waals surface area contributed by atoms with E-state index < -0.39 is 38.5 Å². The molecule has 1 aliphatic rings. The molecule has 4 atom stereocenters. The molecule has 8 nitrogen and oxygen atoms in total. The van der Waals surface area contributed by atoms with E-state index >= 15 is 4.79 Å². The highest BCUT2D eigenvalue weighted by Crippen LogP contribution is 2.45. The van der Waals surface area contributed by atoms with Crippen molar-refractivity contribution in [2.45, 2.75) is 89.9 Å². The third kappa shape index (κ3) is 10.6. The van der Waals surface area contributed by atoms with E-state index in [1.54, 1.807) is 19.2 Å². The minimum atomic E-state index is -2.39. The topological polar surface area (TPSA) is 86.3 Å². The highest BCUT2D eigenvalue weighted by molar-refractivity contribution is 6.74. The van der Waals surface area contributed by atoms with Gasteiger partial charge in [-0.25, -0.2) is 14.1 Å². The molecule has 1 heterocycles. The van der Waals surface area contributed by atoms with Crippen LogP contribution in [-0.4, -0.2) is 38.9 Å². The second kappa shape index (κ2) is 19.1. The number of halogens is 1. The lowest BCUT2D eigenvalue weighted by atomic mass is 9.85. The van der Waals surface area contributed by atoms with Gasteiger partial charge in [0.1, 0.15) is 36.6 Å². The fourth-order valence-electron chi connectivity index (χ4n) is 7.20. The molecule has 59 heavy (non-hydrogen) atoms. The zero-order valence-electron chi connectivity index (χ0n) is 35.2. The van der Waals surface area contributed by atoms with Crippen molar-refractivity contribution in [2.24, 2.45) is 5.92 Å². The van der Waals surface area contributed by atoms with Gasteiger partial charge in [-0.1, -0.05) is 113 Å². The van der Waals surface area contributed by atoms with Gasteiger partial charge >= 0.3 is 6.09 Å². The molecule has 0 bridgehead atoms. The smallest absolute Gasteiger partial charge is 0.417 e. The van der Waals surface area contributed by atoms with Crippen LogP contribution in [0.3, 0.4) is 0 Å². The Morgan fingerprint density at radius 3 is 2.17 bits per heavy atom. The van der Waals surface area contributed by atoms with Crippen LogP contribution in [-0.2, 0) is 27.0 Å². The lowest BCUT2D eigenvalue weighted by Crippen LogP contribution is -2.43. The number of methoxy groups -OCH3 is 1. The zero-order valence-corrected chi connectivity index (χ0v) is 36.2. The fraction of sp³-hybridized carbons (Fsp3) is 0.347. The van der Waals surface area contributed by atoms with E-state index in [1.165, 1.54) is 22.6 Å². The number of anilines is 1. The number of imide groups is 1. The van der Waals surface area contributed by atoms with Gasteiger partial charge in [0, 0.05) is 17.3 Å². The minimum Gasteiger partial charge on any atom is -0.497 e. The van der Waals surface area contributed by atoms with E-state index in [0.717, 1.165) is 28.8 Å². The van der Waals surface area contributed by atoms with Gasteiger partial charge in [0.2, 0.25) is 5.91 Å². The number of rotatable bonds is 17. The molecule has 0 aromatic heterocycles. The van der Waals surface area contributed by atoms with Gasteiger partial charge in [-0.15, -0.1) is 0 Å². The summed E-state index contributed by atoms with van der Waals surface area (Å²) in [4.78, 5) is 30.6. The summed E-state index contributed by atoms with van der Waals surface area (Å²) in [5, 5.41) is 3.62. The van der Waals surface area contributed by atoms with E-state index in [2.05, 4.69) is 58.2 Å². The van der Waals surface area contributed by atoms with Crippen LogP contribution in [0, 0.1) is 11.7 Å². The number of carbonyl (C=O) groups is 2. The van der Waals surface area contributed by atoms with Crippen LogP contribution in [0.15, 0.2) is 127 Å². The van der Waals surface area contributed by atoms with Crippen molar-refractivity contribution in [2.75, 3.05) is 19.0 Å². The number of aryl methyl sites for hydroxylation is 1. The molecule has 0 radical (unpaired) electrons. The van der Waals surface area contributed by atoms with Crippen molar-refractivity contribution in [3.63, 3.8) is 0 Å². The first kappa shape index (κ1) is 43.1. The van der Waals surface area contributed by atoms with Crippen molar-refractivity contribution in [1.29, 1.82) is 0 Å². The Morgan fingerprint density at radius 1 is 0.881 bits per heavy atom. The van der Waals surface area contributed by atoms with Crippen molar-refractivity contribution in [3.05, 3.63) is 161 Å². The molecule has 1 aliphatic heterocycles. The second-order valence-corrected chi connectivity index (χ2v) is 21.4. The number of hydrogen-bond donors (Lipinski definition) is 1. The summed E-state index contributed by atoms with van der Waals surface area (Å²) < 4.78 is 39.4. The maximum atomic E-state index is 15.5. The number of nitrogens with one attached hydrogen (secondary N) is 1. The first-order valence-corrected chi connectivity index (χ1v) is 23.4. The van der Waals surface area contributed by atoms with E-state index in [4.69, 9.17) is 18.6 Å². The van der Waals surface area contributed by atoms with E-state index in [1.807, 2.05) is 91.0 Å². The summed E-state index contributed by atoms with van der Waals surface area (Å²) in [6.07, 6.45) is 0.406. The number of hydrogen-bond acceptors (Lipinski definition) is 7. The second-order valence-electron chi connectivity index (χ2n) is 16.7. The fourth-order valence-corrected chi connectivity index (χ4v) is 8.52. The molecule has 6 rings (SSSR count). The Bertz CT molecular complexity index is 2140. The summed E-state index contributed by atoms with van der Waals surface area (Å²) >= 11 is 0. The molecule has 10 heteroatoms. The molecule has 0 spiro atoms. The Labute approximate surface area is 349 Å². The molecule has 5 aromatic rings.